The van der Waals surface area contributed by atoms with Crippen molar-refractivity contribution in [3.8, 4) is 17.2 Å². The Morgan fingerprint density at radius 1 is 1.03 bits per heavy atom. The number of hydrogen-bond donors (Lipinski definition) is 1. The lowest BCUT2D eigenvalue weighted by Crippen LogP contribution is -2.51. The van der Waals surface area contributed by atoms with Crippen molar-refractivity contribution in [1.82, 2.24) is 14.8 Å². The van der Waals surface area contributed by atoms with Crippen LogP contribution in [0.25, 0.3) is 10.9 Å². The minimum Gasteiger partial charge on any atom is -0.497 e. The molecule has 2 aromatic carbocycles. The lowest BCUT2D eigenvalue weighted by Gasteiger charge is -2.41. The summed E-state index contributed by atoms with van der Waals surface area (Å²) in [7, 11) is 4.99. The number of urea groups is 1. The van der Waals surface area contributed by atoms with Crippen molar-refractivity contribution in [3.63, 3.8) is 0 Å². The number of H-pyrrole nitrogens is 1. The molecular weight excluding hydrogens is 486 g/mol. The fourth-order valence-corrected chi connectivity index (χ4v) is 5.48. The molecule has 204 valence electrons. The van der Waals surface area contributed by atoms with Crippen LogP contribution in [0.1, 0.15) is 29.2 Å². The molecule has 0 spiro atoms. The van der Waals surface area contributed by atoms with Crippen LogP contribution in [0, 0.1) is 0 Å². The lowest BCUT2D eigenvalue weighted by molar-refractivity contribution is 0.0376. The number of nitrogens with zero attached hydrogens (tertiary/aromatic N) is 2. The standard InChI is InChI=1S/C29H37N3O6/c1-34-14-15-38-28-18-24-20(16-27(28)36-3)8-9-32(29(33)31-10-12-37-13-11-31)26(24)7-4-21-19-30-25-6-5-22(35-2)17-23(21)25/h5-6,16-19,26,30H,4,7-15H2,1-3H3. The van der Waals surface area contributed by atoms with E-state index in [0.717, 1.165) is 41.5 Å². The van der Waals surface area contributed by atoms with Crippen molar-refractivity contribution in [1.29, 1.82) is 0 Å². The molecule has 0 saturated carbocycles. The number of carbonyl (C=O) groups excluding carboxylic acids is 1. The Labute approximate surface area is 223 Å². The molecule has 1 N–H and O–H groups in total. The van der Waals surface area contributed by atoms with Gasteiger partial charge in [0.25, 0.3) is 0 Å². The number of hydrogen-bond acceptors (Lipinski definition) is 6. The van der Waals surface area contributed by atoms with Gasteiger partial charge >= 0.3 is 6.03 Å². The molecule has 9 nitrogen and oxygen atoms in total. The fraction of sp³-hybridized carbons (Fsp3) is 0.483. The summed E-state index contributed by atoms with van der Waals surface area (Å²) in [6.45, 7) is 3.94. The van der Waals surface area contributed by atoms with Gasteiger partial charge < -0.3 is 38.5 Å². The second-order valence-corrected chi connectivity index (χ2v) is 9.65. The molecule has 1 atom stereocenters. The van der Waals surface area contributed by atoms with Gasteiger partial charge in [0.1, 0.15) is 12.4 Å². The summed E-state index contributed by atoms with van der Waals surface area (Å²) >= 11 is 0. The molecule has 2 aliphatic heterocycles. The average Bonchev–Trinajstić information content (AvgIpc) is 3.37. The quantitative estimate of drug-likeness (QED) is 0.424. The molecule has 0 aliphatic carbocycles. The first-order valence-corrected chi connectivity index (χ1v) is 13.2. The van der Waals surface area contributed by atoms with Crippen LogP contribution in [-0.4, -0.2) is 88.2 Å². The van der Waals surface area contributed by atoms with Crippen molar-refractivity contribution < 1.29 is 28.5 Å². The minimum absolute atomic E-state index is 0.0715. The van der Waals surface area contributed by atoms with E-state index in [9.17, 15) is 4.79 Å². The van der Waals surface area contributed by atoms with Crippen LogP contribution in [0.3, 0.4) is 0 Å². The summed E-state index contributed by atoms with van der Waals surface area (Å²) in [6, 6.07) is 10.2. The molecular formula is C29H37N3O6. The molecule has 3 aromatic rings. The zero-order valence-corrected chi connectivity index (χ0v) is 22.5. The van der Waals surface area contributed by atoms with Crippen LogP contribution in [-0.2, 0) is 22.3 Å². The van der Waals surface area contributed by atoms with Crippen molar-refractivity contribution in [2.45, 2.75) is 25.3 Å². The summed E-state index contributed by atoms with van der Waals surface area (Å²) in [5, 5.41) is 1.14. The second kappa shape index (κ2) is 12.0. The van der Waals surface area contributed by atoms with Crippen LogP contribution in [0.4, 0.5) is 4.79 Å². The first-order chi connectivity index (χ1) is 18.6. The van der Waals surface area contributed by atoms with Gasteiger partial charge in [0, 0.05) is 43.8 Å². The molecule has 9 heteroatoms. The number of nitrogens with one attached hydrogen (secondary N) is 1. The number of ether oxygens (including phenoxy) is 5. The zero-order chi connectivity index (χ0) is 26.5. The van der Waals surface area contributed by atoms with Crippen LogP contribution < -0.4 is 14.2 Å². The third kappa shape index (κ3) is 5.39. The van der Waals surface area contributed by atoms with E-state index in [1.54, 1.807) is 21.3 Å². The Morgan fingerprint density at radius 2 is 1.87 bits per heavy atom. The van der Waals surface area contributed by atoms with Crippen molar-refractivity contribution in [2.24, 2.45) is 0 Å². The summed E-state index contributed by atoms with van der Waals surface area (Å²) in [5.41, 5.74) is 4.58. The highest BCUT2D eigenvalue weighted by Crippen LogP contribution is 2.41. The summed E-state index contributed by atoms with van der Waals surface area (Å²) < 4.78 is 27.8. The van der Waals surface area contributed by atoms with E-state index in [1.165, 1.54) is 11.1 Å². The van der Waals surface area contributed by atoms with Gasteiger partial charge in [0.15, 0.2) is 11.5 Å². The normalized spacial score (nSPS) is 17.4. The summed E-state index contributed by atoms with van der Waals surface area (Å²) in [6.07, 6.45) is 4.41. The van der Waals surface area contributed by atoms with Gasteiger partial charge in [-0.05, 0) is 66.3 Å². The molecule has 2 amide bonds. The van der Waals surface area contributed by atoms with Crippen LogP contribution in [0.2, 0.25) is 0 Å². The van der Waals surface area contributed by atoms with Crippen LogP contribution in [0.15, 0.2) is 36.5 Å². The third-order valence-corrected chi connectivity index (χ3v) is 7.52. The number of aryl methyl sites for hydroxylation is 1. The zero-order valence-electron chi connectivity index (χ0n) is 22.5. The van der Waals surface area contributed by atoms with Gasteiger partial charge in [-0.2, -0.15) is 0 Å². The number of fused-ring (bicyclic) bond motifs is 2. The highest BCUT2D eigenvalue weighted by Gasteiger charge is 2.35. The Hall–Kier alpha value is -3.43. The predicted octanol–water partition coefficient (Wildman–Crippen LogP) is 4.19. The number of morpholine rings is 1. The van der Waals surface area contributed by atoms with Crippen molar-refractivity contribution in [2.75, 3.05) is 67.4 Å². The van der Waals surface area contributed by atoms with Crippen molar-refractivity contribution >= 4 is 16.9 Å². The second-order valence-electron chi connectivity index (χ2n) is 9.65. The van der Waals surface area contributed by atoms with E-state index in [2.05, 4.69) is 29.4 Å². The number of aromatic amines is 1. The van der Waals surface area contributed by atoms with Gasteiger partial charge in [0.05, 0.1) is 40.1 Å². The molecule has 38 heavy (non-hydrogen) atoms. The SMILES string of the molecule is COCCOc1cc2c(cc1OC)CCN(C(=O)N1CCOCC1)C2CCc1c[nH]c2ccc(OC)cc12. The van der Waals surface area contributed by atoms with E-state index < -0.39 is 0 Å². The smallest absolute Gasteiger partial charge is 0.320 e. The number of carbonyl (C=O) groups is 1. The Bertz CT molecular complexity index is 1250. The molecule has 0 bridgehead atoms. The largest absolute Gasteiger partial charge is 0.497 e. The van der Waals surface area contributed by atoms with Gasteiger partial charge in [-0.3, -0.25) is 0 Å². The number of benzene rings is 2. The molecule has 3 heterocycles. The fourth-order valence-electron chi connectivity index (χ4n) is 5.48. The molecule has 1 saturated heterocycles. The number of rotatable bonds is 9. The van der Waals surface area contributed by atoms with E-state index >= 15 is 0 Å². The first-order valence-electron chi connectivity index (χ1n) is 13.2. The first kappa shape index (κ1) is 26.2. The molecule has 1 unspecified atom stereocenters. The van der Waals surface area contributed by atoms with E-state index in [0.29, 0.717) is 57.6 Å². The molecule has 2 aliphatic rings. The van der Waals surface area contributed by atoms with E-state index in [-0.39, 0.29) is 12.1 Å². The van der Waals surface area contributed by atoms with Gasteiger partial charge in [-0.25, -0.2) is 4.79 Å². The Balaban J connectivity index is 1.47. The topological polar surface area (TPSA) is 85.5 Å². The maximum Gasteiger partial charge on any atom is 0.320 e. The van der Waals surface area contributed by atoms with Gasteiger partial charge in [-0.15, -0.1) is 0 Å². The molecule has 5 rings (SSSR count). The molecule has 1 aromatic heterocycles. The highest BCUT2D eigenvalue weighted by molar-refractivity contribution is 5.84. The van der Waals surface area contributed by atoms with Gasteiger partial charge in [0.2, 0.25) is 0 Å². The summed E-state index contributed by atoms with van der Waals surface area (Å²) in [5.74, 6) is 2.21. The number of aromatic nitrogens is 1. The highest BCUT2D eigenvalue weighted by atomic mass is 16.5. The predicted molar refractivity (Wildman–Crippen MR) is 144 cm³/mol. The van der Waals surface area contributed by atoms with Crippen LogP contribution in [0.5, 0.6) is 17.2 Å². The molecule has 0 radical (unpaired) electrons. The maximum absolute atomic E-state index is 13.8. The monoisotopic (exact) mass is 523 g/mol. The maximum atomic E-state index is 13.8. The van der Waals surface area contributed by atoms with Gasteiger partial charge in [-0.1, -0.05) is 0 Å². The van der Waals surface area contributed by atoms with Crippen LogP contribution >= 0.6 is 0 Å². The van der Waals surface area contributed by atoms with Crippen molar-refractivity contribution in [3.05, 3.63) is 53.2 Å². The Kier molecular flexibility index (Phi) is 8.24. The number of amides is 2. The molecule has 1 fully saturated rings. The average molecular weight is 524 g/mol. The third-order valence-electron chi connectivity index (χ3n) is 7.52. The lowest BCUT2D eigenvalue weighted by atomic mass is 9.88. The van der Waals surface area contributed by atoms with E-state index in [4.69, 9.17) is 23.7 Å². The minimum atomic E-state index is -0.0969. The van der Waals surface area contributed by atoms with E-state index in [1.807, 2.05) is 21.9 Å². The number of methoxy groups -OCH3 is 3. The Morgan fingerprint density at radius 3 is 2.63 bits per heavy atom. The summed E-state index contributed by atoms with van der Waals surface area (Å²) in [4.78, 5) is 21.1.